The fourth-order valence-electron chi connectivity index (χ4n) is 4.07. The second-order valence-corrected chi connectivity index (χ2v) is 8.51. The maximum Gasteiger partial charge on any atom is 0.320 e. The SMILES string of the molecule is CCCCCCCC/C=C\CCCCCCCCCCC(C(=O)O)N(CC)CC. The highest BCUT2D eigenvalue weighted by Gasteiger charge is 2.22. The van der Waals surface area contributed by atoms with Gasteiger partial charge in [0.2, 0.25) is 0 Å². The fourth-order valence-corrected chi connectivity index (χ4v) is 4.07. The van der Waals surface area contributed by atoms with Crippen molar-refractivity contribution in [3.63, 3.8) is 0 Å². The Labute approximate surface area is 182 Å². The zero-order valence-corrected chi connectivity index (χ0v) is 20.0. The van der Waals surface area contributed by atoms with Gasteiger partial charge in [-0.1, -0.05) is 110 Å². The van der Waals surface area contributed by atoms with E-state index < -0.39 is 5.97 Å². The molecule has 0 radical (unpaired) electrons. The summed E-state index contributed by atoms with van der Waals surface area (Å²) >= 11 is 0. The van der Waals surface area contributed by atoms with Gasteiger partial charge in [0.25, 0.3) is 0 Å². The van der Waals surface area contributed by atoms with E-state index in [1.54, 1.807) is 0 Å². The Hall–Kier alpha value is -0.830. The molecule has 0 saturated heterocycles. The van der Waals surface area contributed by atoms with Crippen molar-refractivity contribution >= 4 is 5.97 Å². The number of carboxylic acid groups (broad SMARTS) is 1. The highest BCUT2D eigenvalue weighted by molar-refractivity contribution is 5.73. The van der Waals surface area contributed by atoms with Crippen molar-refractivity contribution in [2.75, 3.05) is 13.1 Å². The largest absolute Gasteiger partial charge is 0.480 e. The molecule has 0 bridgehead atoms. The first-order chi connectivity index (χ1) is 14.2. The summed E-state index contributed by atoms with van der Waals surface area (Å²) in [6, 6.07) is -0.292. The van der Waals surface area contributed by atoms with E-state index in [2.05, 4.69) is 24.0 Å². The fraction of sp³-hybridized carbons (Fsp3) is 0.885. The molecule has 0 aliphatic carbocycles. The van der Waals surface area contributed by atoms with E-state index in [0.29, 0.717) is 0 Å². The minimum atomic E-state index is -0.658. The van der Waals surface area contributed by atoms with Crippen molar-refractivity contribution in [1.82, 2.24) is 4.90 Å². The van der Waals surface area contributed by atoms with Gasteiger partial charge in [-0.15, -0.1) is 0 Å². The highest BCUT2D eigenvalue weighted by atomic mass is 16.4. The number of nitrogens with zero attached hydrogens (tertiary/aromatic N) is 1. The number of likely N-dealkylation sites (N-methyl/N-ethyl adjacent to an activating group) is 1. The molecule has 0 aromatic rings. The first kappa shape index (κ1) is 28.2. The van der Waals surface area contributed by atoms with Crippen LogP contribution in [-0.2, 0) is 4.79 Å². The monoisotopic (exact) mass is 409 g/mol. The molecule has 29 heavy (non-hydrogen) atoms. The number of allylic oxidation sites excluding steroid dienone is 2. The maximum atomic E-state index is 11.4. The highest BCUT2D eigenvalue weighted by Crippen LogP contribution is 2.14. The average molecular weight is 410 g/mol. The van der Waals surface area contributed by atoms with Gasteiger partial charge in [-0.25, -0.2) is 0 Å². The van der Waals surface area contributed by atoms with Gasteiger partial charge >= 0.3 is 5.97 Å². The molecule has 0 spiro atoms. The van der Waals surface area contributed by atoms with Crippen LogP contribution < -0.4 is 0 Å². The molecule has 1 N–H and O–H groups in total. The number of rotatable bonds is 22. The summed E-state index contributed by atoms with van der Waals surface area (Å²) in [5, 5.41) is 9.40. The Bertz CT molecular complexity index is 377. The van der Waals surface area contributed by atoms with Crippen LogP contribution in [0.3, 0.4) is 0 Å². The van der Waals surface area contributed by atoms with Gasteiger partial charge in [0.15, 0.2) is 0 Å². The maximum absolute atomic E-state index is 11.4. The summed E-state index contributed by atoms with van der Waals surface area (Å²) in [4.78, 5) is 13.5. The molecule has 0 aromatic carbocycles. The van der Waals surface area contributed by atoms with Crippen molar-refractivity contribution < 1.29 is 9.90 Å². The molecule has 172 valence electrons. The second kappa shape index (κ2) is 21.9. The number of aliphatic carboxylic acids is 1. The van der Waals surface area contributed by atoms with Crippen LogP contribution in [0.4, 0.5) is 0 Å². The van der Waals surface area contributed by atoms with Crippen LogP contribution >= 0.6 is 0 Å². The normalized spacial score (nSPS) is 12.8. The predicted octanol–water partition coefficient (Wildman–Crippen LogP) is 7.99. The lowest BCUT2D eigenvalue weighted by molar-refractivity contribution is -0.143. The van der Waals surface area contributed by atoms with Gasteiger partial charge in [-0.05, 0) is 45.2 Å². The zero-order chi connectivity index (χ0) is 21.6. The summed E-state index contributed by atoms with van der Waals surface area (Å²) in [7, 11) is 0. The summed E-state index contributed by atoms with van der Waals surface area (Å²) in [5.74, 6) is -0.658. The van der Waals surface area contributed by atoms with E-state index in [9.17, 15) is 9.90 Å². The molecule has 3 nitrogen and oxygen atoms in total. The zero-order valence-electron chi connectivity index (χ0n) is 20.0. The standard InChI is InChI=1S/C26H51NO2/c1-4-7-8-9-10-11-12-13-14-15-16-17-18-19-20-21-22-23-24-25(26(28)29)27(5-2)6-3/h13-14,25H,4-12,15-24H2,1-3H3,(H,28,29)/b14-13-. The van der Waals surface area contributed by atoms with Crippen LogP contribution in [0.1, 0.15) is 130 Å². The number of hydrogen-bond donors (Lipinski definition) is 1. The topological polar surface area (TPSA) is 40.5 Å². The number of unbranched alkanes of at least 4 members (excludes halogenated alkanes) is 14. The van der Waals surface area contributed by atoms with Crippen LogP contribution in [0.2, 0.25) is 0 Å². The number of carboxylic acids is 1. The molecule has 0 aliphatic heterocycles. The van der Waals surface area contributed by atoms with Gasteiger partial charge in [0.1, 0.15) is 6.04 Å². The number of hydrogen-bond acceptors (Lipinski definition) is 2. The van der Waals surface area contributed by atoms with E-state index in [4.69, 9.17) is 0 Å². The molecule has 0 amide bonds. The molecular formula is C26H51NO2. The summed E-state index contributed by atoms with van der Waals surface area (Å²) < 4.78 is 0. The predicted molar refractivity (Wildman–Crippen MR) is 128 cm³/mol. The summed E-state index contributed by atoms with van der Waals surface area (Å²) in [6.45, 7) is 8.01. The molecule has 3 heteroatoms. The lowest BCUT2D eigenvalue weighted by atomic mass is 10.0. The molecule has 0 fully saturated rings. The van der Waals surface area contributed by atoms with Crippen molar-refractivity contribution in [3.05, 3.63) is 12.2 Å². The minimum Gasteiger partial charge on any atom is -0.480 e. The van der Waals surface area contributed by atoms with E-state index in [1.807, 2.05) is 13.8 Å². The molecule has 0 aromatic heterocycles. The Kier molecular flexibility index (Phi) is 21.2. The third kappa shape index (κ3) is 17.7. The molecule has 1 unspecified atom stereocenters. The average Bonchev–Trinajstić information content (AvgIpc) is 2.72. The van der Waals surface area contributed by atoms with Crippen LogP contribution in [0.15, 0.2) is 12.2 Å². The minimum absolute atomic E-state index is 0.292. The molecule has 1 atom stereocenters. The third-order valence-electron chi connectivity index (χ3n) is 6.03. The van der Waals surface area contributed by atoms with Gasteiger partial charge in [-0.3, -0.25) is 9.69 Å². The smallest absolute Gasteiger partial charge is 0.320 e. The van der Waals surface area contributed by atoms with Crippen LogP contribution in [0, 0.1) is 0 Å². The first-order valence-corrected chi connectivity index (χ1v) is 12.8. The van der Waals surface area contributed by atoms with E-state index in [0.717, 1.165) is 25.9 Å². The van der Waals surface area contributed by atoms with Crippen LogP contribution in [-0.4, -0.2) is 35.1 Å². The lowest BCUT2D eigenvalue weighted by Crippen LogP contribution is -2.40. The van der Waals surface area contributed by atoms with Crippen molar-refractivity contribution in [1.29, 1.82) is 0 Å². The van der Waals surface area contributed by atoms with Crippen molar-refractivity contribution in [2.24, 2.45) is 0 Å². The Balaban J connectivity index is 3.40. The van der Waals surface area contributed by atoms with E-state index in [-0.39, 0.29) is 6.04 Å². The number of carbonyl (C=O) groups is 1. The van der Waals surface area contributed by atoms with Crippen molar-refractivity contribution in [2.45, 2.75) is 136 Å². The quantitative estimate of drug-likeness (QED) is 0.145. The van der Waals surface area contributed by atoms with Gasteiger partial charge in [0, 0.05) is 0 Å². The Morgan fingerprint density at radius 2 is 1.10 bits per heavy atom. The van der Waals surface area contributed by atoms with Crippen LogP contribution in [0.25, 0.3) is 0 Å². The molecular weight excluding hydrogens is 358 g/mol. The molecule has 0 aliphatic rings. The van der Waals surface area contributed by atoms with Crippen LogP contribution in [0.5, 0.6) is 0 Å². The molecule has 0 heterocycles. The molecule has 0 rings (SSSR count). The van der Waals surface area contributed by atoms with Gasteiger partial charge in [-0.2, -0.15) is 0 Å². The van der Waals surface area contributed by atoms with E-state index >= 15 is 0 Å². The lowest BCUT2D eigenvalue weighted by Gasteiger charge is -2.26. The van der Waals surface area contributed by atoms with Gasteiger partial charge in [0.05, 0.1) is 0 Å². The second-order valence-electron chi connectivity index (χ2n) is 8.51. The third-order valence-corrected chi connectivity index (χ3v) is 6.03. The summed E-state index contributed by atoms with van der Waals surface area (Å²) in [5.41, 5.74) is 0. The first-order valence-electron chi connectivity index (χ1n) is 12.8. The Morgan fingerprint density at radius 1 is 0.690 bits per heavy atom. The summed E-state index contributed by atoms with van der Waals surface area (Å²) in [6.07, 6.45) is 26.6. The molecule has 0 saturated carbocycles. The van der Waals surface area contributed by atoms with E-state index in [1.165, 1.54) is 96.3 Å². The van der Waals surface area contributed by atoms with Crippen molar-refractivity contribution in [3.8, 4) is 0 Å². The van der Waals surface area contributed by atoms with Gasteiger partial charge < -0.3 is 5.11 Å². The Morgan fingerprint density at radius 3 is 1.52 bits per heavy atom.